The Balaban J connectivity index is 1.94. The summed E-state index contributed by atoms with van der Waals surface area (Å²) in [6.45, 7) is 7.46. The maximum absolute atomic E-state index is 11.0. The lowest BCUT2D eigenvalue weighted by molar-refractivity contribution is -0.143. The van der Waals surface area contributed by atoms with Crippen molar-refractivity contribution in [2.45, 2.75) is 38.5 Å². The minimum Gasteiger partial charge on any atom is -0.481 e. The van der Waals surface area contributed by atoms with Crippen molar-refractivity contribution >= 4 is 5.97 Å². The van der Waals surface area contributed by atoms with E-state index in [-0.39, 0.29) is 18.1 Å². The van der Waals surface area contributed by atoms with E-state index in [1.165, 1.54) is 0 Å². The number of nitrogens with zero attached hydrogens (tertiary/aromatic N) is 1. The van der Waals surface area contributed by atoms with Gasteiger partial charge in [-0.1, -0.05) is 0 Å². The summed E-state index contributed by atoms with van der Waals surface area (Å²) in [5.74, 6) is -0.932. The summed E-state index contributed by atoms with van der Waals surface area (Å²) >= 11 is 0. The number of ether oxygens (including phenoxy) is 1. The van der Waals surface area contributed by atoms with Crippen LogP contribution in [0.4, 0.5) is 0 Å². The predicted octanol–water partition coefficient (Wildman–Crippen LogP) is 0.158. The lowest BCUT2D eigenvalue weighted by Gasteiger charge is -2.42. The highest BCUT2D eigenvalue weighted by Gasteiger charge is 2.33. The molecule has 0 aromatic carbocycles. The van der Waals surface area contributed by atoms with Gasteiger partial charge in [0.05, 0.1) is 18.1 Å². The molecule has 2 fully saturated rings. The van der Waals surface area contributed by atoms with E-state index < -0.39 is 5.97 Å². The molecule has 5 nitrogen and oxygen atoms in total. The highest BCUT2D eigenvalue weighted by molar-refractivity contribution is 5.70. The zero-order valence-electron chi connectivity index (χ0n) is 10.6. The summed E-state index contributed by atoms with van der Waals surface area (Å²) in [6.07, 6.45) is 1.23. The van der Waals surface area contributed by atoms with E-state index in [1.807, 2.05) is 0 Å². The van der Waals surface area contributed by atoms with E-state index in [0.29, 0.717) is 12.6 Å². The van der Waals surface area contributed by atoms with Crippen molar-refractivity contribution in [2.75, 3.05) is 26.2 Å². The molecule has 2 saturated heterocycles. The molecule has 98 valence electrons. The monoisotopic (exact) mass is 242 g/mol. The fourth-order valence-corrected chi connectivity index (χ4v) is 2.90. The molecular formula is C12H22N2O3. The van der Waals surface area contributed by atoms with Crippen LogP contribution in [0.2, 0.25) is 0 Å². The van der Waals surface area contributed by atoms with Gasteiger partial charge in [0.1, 0.15) is 0 Å². The molecule has 4 atom stereocenters. The van der Waals surface area contributed by atoms with Crippen LogP contribution in [-0.2, 0) is 9.53 Å². The van der Waals surface area contributed by atoms with Gasteiger partial charge >= 0.3 is 5.97 Å². The Hall–Kier alpha value is -0.650. The summed E-state index contributed by atoms with van der Waals surface area (Å²) in [5.41, 5.74) is 0. The maximum Gasteiger partial charge on any atom is 0.307 e. The number of morpholine rings is 1. The van der Waals surface area contributed by atoms with Crippen LogP contribution >= 0.6 is 0 Å². The molecule has 0 bridgehead atoms. The van der Waals surface area contributed by atoms with Gasteiger partial charge in [0.15, 0.2) is 0 Å². The van der Waals surface area contributed by atoms with Crippen molar-refractivity contribution in [3.8, 4) is 0 Å². The lowest BCUT2D eigenvalue weighted by atomic mass is 9.94. The van der Waals surface area contributed by atoms with Crippen LogP contribution in [0.5, 0.6) is 0 Å². The molecule has 2 N–H and O–H groups in total. The Kier molecular flexibility index (Phi) is 4.01. The van der Waals surface area contributed by atoms with E-state index in [9.17, 15) is 4.79 Å². The van der Waals surface area contributed by atoms with Gasteiger partial charge in [-0.05, 0) is 20.3 Å². The fourth-order valence-electron chi connectivity index (χ4n) is 2.90. The summed E-state index contributed by atoms with van der Waals surface area (Å²) < 4.78 is 5.70. The third kappa shape index (κ3) is 3.18. The average Bonchev–Trinajstić information content (AvgIpc) is 2.28. The average molecular weight is 242 g/mol. The SMILES string of the molecule is CC1CN(C2CNCC(C(=O)O)C2)CC(C)O1. The number of rotatable bonds is 2. The van der Waals surface area contributed by atoms with Gasteiger partial charge in [0.2, 0.25) is 0 Å². The number of hydrogen-bond acceptors (Lipinski definition) is 4. The van der Waals surface area contributed by atoms with Crippen LogP contribution in [0, 0.1) is 5.92 Å². The number of carboxylic acid groups (broad SMARTS) is 1. The van der Waals surface area contributed by atoms with Crippen molar-refractivity contribution < 1.29 is 14.6 Å². The minimum atomic E-state index is -0.684. The van der Waals surface area contributed by atoms with Gasteiger partial charge in [-0.15, -0.1) is 0 Å². The van der Waals surface area contributed by atoms with E-state index in [0.717, 1.165) is 26.1 Å². The third-order valence-electron chi connectivity index (χ3n) is 3.64. The maximum atomic E-state index is 11.0. The molecule has 2 aliphatic heterocycles. The largest absolute Gasteiger partial charge is 0.481 e. The van der Waals surface area contributed by atoms with E-state index in [1.54, 1.807) is 0 Å². The zero-order valence-corrected chi connectivity index (χ0v) is 10.6. The summed E-state index contributed by atoms with van der Waals surface area (Å²) in [4.78, 5) is 13.4. The van der Waals surface area contributed by atoms with Crippen molar-refractivity contribution in [2.24, 2.45) is 5.92 Å². The Morgan fingerprint density at radius 3 is 2.53 bits per heavy atom. The predicted molar refractivity (Wildman–Crippen MR) is 64.0 cm³/mol. The Labute approximate surface area is 102 Å². The molecule has 0 aromatic rings. The lowest BCUT2D eigenvalue weighted by Crippen LogP contribution is -2.56. The minimum absolute atomic E-state index is 0.240. The van der Waals surface area contributed by atoms with Gasteiger partial charge in [-0.2, -0.15) is 0 Å². The topological polar surface area (TPSA) is 61.8 Å². The molecule has 0 amide bonds. The second-order valence-corrected chi connectivity index (χ2v) is 5.29. The smallest absolute Gasteiger partial charge is 0.307 e. The number of aliphatic carboxylic acids is 1. The first kappa shape index (κ1) is 12.8. The molecule has 0 spiro atoms. The van der Waals surface area contributed by atoms with Crippen molar-refractivity contribution in [3.63, 3.8) is 0 Å². The van der Waals surface area contributed by atoms with E-state index >= 15 is 0 Å². The quantitative estimate of drug-likeness (QED) is 0.722. The van der Waals surface area contributed by atoms with Gasteiger partial charge in [-0.25, -0.2) is 0 Å². The third-order valence-corrected chi connectivity index (χ3v) is 3.64. The first-order chi connectivity index (χ1) is 8.06. The molecule has 0 aliphatic carbocycles. The Morgan fingerprint density at radius 1 is 1.29 bits per heavy atom. The van der Waals surface area contributed by atoms with Gasteiger partial charge in [0, 0.05) is 32.2 Å². The van der Waals surface area contributed by atoms with Crippen LogP contribution in [0.25, 0.3) is 0 Å². The molecule has 0 aromatic heterocycles. The normalized spacial score (nSPS) is 40.1. The van der Waals surface area contributed by atoms with Crippen LogP contribution in [0.1, 0.15) is 20.3 Å². The van der Waals surface area contributed by atoms with E-state index in [2.05, 4.69) is 24.1 Å². The molecule has 0 radical (unpaired) electrons. The fraction of sp³-hybridized carbons (Fsp3) is 0.917. The molecule has 2 aliphatic rings. The van der Waals surface area contributed by atoms with Crippen molar-refractivity contribution in [3.05, 3.63) is 0 Å². The van der Waals surface area contributed by atoms with Crippen LogP contribution in [0.15, 0.2) is 0 Å². The first-order valence-electron chi connectivity index (χ1n) is 6.39. The molecule has 2 rings (SSSR count). The van der Waals surface area contributed by atoms with Crippen molar-refractivity contribution in [1.82, 2.24) is 10.2 Å². The molecular weight excluding hydrogens is 220 g/mol. The number of nitrogens with one attached hydrogen (secondary N) is 1. The summed E-state index contributed by atoms with van der Waals surface area (Å²) in [5, 5.41) is 12.3. The Bertz CT molecular complexity index is 275. The van der Waals surface area contributed by atoms with Crippen molar-refractivity contribution in [1.29, 1.82) is 0 Å². The highest BCUT2D eigenvalue weighted by Crippen LogP contribution is 2.20. The number of piperidine rings is 1. The number of hydrogen-bond donors (Lipinski definition) is 2. The van der Waals surface area contributed by atoms with Gasteiger partial charge in [0.25, 0.3) is 0 Å². The molecule has 4 unspecified atom stereocenters. The summed E-state index contributed by atoms with van der Waals surface area (Å²) in [7, 11) is 0. The second kappa shape index (κ2) is 5.33. The molecule has 17 heavy (non-hydrogen) atoms. The number of carboxylic acids is 1. The molecule has 5 heteroatoms. The Morgan fingerprint density at radius 2 is 1.94 bits per heavy atom. The molecule has 2 heterocycles. The van der Waals surface area contributed by atoms with Gasteiger partial charge < -0.3 is 15.2 Å². The first-order valence-corrected chi connectivity index (χ1v) is 6.39. The zero-order chi connectivity index (χ0) is 12.4. The second-order valence-electron chi connectivity index (χ2n) is 5.29. The highest BCUT2D eigenvalue weighted by atomic mass is 16.5. The molecule has 0 saturated carbocycles. The van der Waals surface area contributed by atoms with E-state index in [4.69, 9.17) is 9.84 Å². The van der Waals surface area contributed by atoms with Crippen LogP contribution in [0.3, 0.4) is 0 Å². The standard InChI is InChI=1S/C12H22N2O3/c1-8-6-14(7-9(2)17-8)11-3-10(12(15)16)4-13-5-11/h8-11,13H,3-7H2,1-2H3,(H,15,16). The summed E-state index contributed by atoms with van der Waals surface area (Å²) in [6, 6.07) is 0.332. The van der Waals surface area contributed by atoms with Crippen LogP contribution in [-0.4, -0.2) is 60.4 Å². The number of carbonyl (C=O) groups is 1. The van der Waals surface area contributed by atoms with Crippen LogP contribution < -0.4 is 5.32 Å². The van der Waals surface area contributed by atoms with Gasteiger partial charge in [-0.3, -0.25) is 9.69 Å².